The first-order valence-corrected chi connectivity index (χ1v) is 11.2. The first-order chi connectivity index (χ1) is 16.7. The van der Waals surface area contributed by atoms with Gasteiger partial charge in [0.1, 0.15) is 6.04 Å². The van der Waals surface area contributed by atoms with E-state index in [1.54, 1.807) is 6.21 Å². The summed E-state index contributed by atoms with van der Waals surface area (Å²) in [6.45, 7) is 0.475. The molecule has 4 rings (SSSR count). The molecule has 0 saturated heterocycles. The van der Waals surface area contributed by atoms with E-state index in [1.165, 1.54) is 0 Å². The predicted octanol–water partition coefficient (Wildman–Crippen LogP) is 3.77. The summed E-state index contributed by atoms with van der Waals surface area (Å²) in [6, 6.07) is 25.9. The molecule has 172 valence electrons. The fraction of sp³-hybridized carbons (Fsp3) is 0.148. The number of amides is 3. The second-order valence-electron chi connectivity index (χ2n) is 7.90. The lowest BCUT2D eigenvalue weighted by Gasteiger charge is -2.18. The smallest absolute Gasteiger partial charge is 0.335 e. The normalized spacial score (nSPS) is 11.9. The maximum atomic E-state index is 13.0. The number of hydrogen-bond acceptors (Lipinski definition) is 3. The molecular formula is C27H27N5O2. The maximum absolute atomic E-state index is 13.0. The van der Waals surface area contributed by atoms with Crippen molar-refractivity contribution in [2.24, 2.45) is 5.10 Å². The number of urea groups is 1. The van der Waals surface area contributed by atoms with Crippen LogP contribution in [-0.4, -0.2) is 35.7 Å². The number of carbonyl (C=O) groups is 2. The molecule has 4 N–H and O–H groups in total. The second-order valence-corrected chi connectivity index (χ2v) is 7.90. The van der Waals surface area contributed by atoms with Gasteiger partial charge >= 0.3 is 6.03 Å². The number of para-hydroxylation sites is 1. The number of aromatic amines is 1. The minimum atomic E-state index is -0.762. The van der Waals surface area contributed by atoms with E-state index >= 15 is 0 Å². The summed E-state index contributed by atoms with van der Waals surface area (Å²) in [4.78, 5) is 28.8. The van der Waals surface area contributed by atoms with Gasteiger partial charge in [-0.3, -0.25) is 4.79 Å². The summed E-state index contributed by atoms with van der Waals surface area (Å²) in [5, 5.41) is 10.7. The molecule has 1 aromatic heterocycles. The van der Waals surface area contributed by atoms with Crippen LogP contribution in [0.5, 0.6) is 0 Å². The highest BCUT2D eigenvalue weighted by Crippen LogP contribution is 2.19. The molecular weight excluding hydrogens is 426 g/mol. The fourth-order valence-corrected chi connectivity index (χ4v) is 3.72. The number of benzene rings is 3. The summed E-state index contributed by atoms with van der Waals surface area (Å²) in [7, 11) is 0. The van der Waals surface area contributed by atoms with Crippen molar-refractivity contribution in [1.82, 2.24) is 21.0 Å². The standard InChI is InChI=1S/C27H27N5O2/c33-26(28-16-15-20-9-3-1-4-10-20)25(17-22-19-29-24-14-8-7-13-23(22)24)31-27(34)32-30-18-21-11-5-2-6-12-21/h1-14,18-19,25,29H,15-17H2,(H,28,33)(H2,31,32,34)/b30-18+. The number of nitrogens with zero attached hydrogens (tertiary/aromatic N) is 1. The summed E-state index contributed by atoms with van der Waals surface area (Å²) in [6.07, 6.45) is 4.48. The van der Waals surface area contributed by atoms with Crippen LogP contribution in [-0.2, 0) is 17.6 Å². The molecule has 4 aromatic rings. The van der Waals surface area contributed by atoms with Crippen molar-refractivity contribution in [1.29, 1.82) is 0 Å². The Balaban J connectivity index is 1.41. The van der Waals surface area contributed by atoms with E-state index in [2.05, 4.69) is 26.1 Å². The van der Waals surface area contributed by atoms with Gasteiger partial charge in [-0.2, -0.15) is 5.10 Å². The van der Waals surface area contributed by atoms with Gasteiger partial charge in [-0.05, 0) is 29.2 Å². The van der Waals surface area contributed by atoms with Gasteiger partial charge in [0, 0.05) is 30.1 Å². The Morgan fingerprint density at radius 2 is 1.62 bits per heavy atom. The van der Waals surface area contributed by atoms with Crippen LogP contribution in [0, 0.1) is 0 Å². The summed E-state index contributed by atoms with van der Waals surface area (Å²) in [5.74, 6) is -0.247. The number of carbonyl (C=O) groups excluding carboxylic acids is 2. The molecule has 3 amide bonds. The van der Waals surface area contributed by atoms with E-state index in [-0.39, 0.29) is 5.91 Å². The number of fused-ring (bicyclic) bond motifs is 1. The quantitative estimate of drug-likeness (QED) is 0.229. The van der Waals surface area contributed by atoms with Crippen molar-refractivity contribution in [2.75, 3.05) is 6.54 Å². The molecule has 0 aliphatic heterocycles. The Morgan fingerprint density at radius 1 is 0.912 bits per heavy atom. The van der Waals surface area contributed by atoms with Gasteiger partial charge in [0.25, 0.3) is 0 Å². The SMILES string of the molecule is O=C(N/N=C/c1ccccc1)NC(Cc1c[nH]c2ccccc12)C(=O)NCCc1ccccc1. The molecule has 3 aromatic carbocycles. The van der Waals surface area contributed by atoms with Gasteiger partial charge in [-0.15, -0.1) is 0 Å². The highest BCUT2D eigenvalue weighted by atomic mass is 16.2. The van der Waals surface area contributed by atoms with E-state index < -0.39 is 12.1 Å². The average Bonchev–Trinajstić information content (AvgIpc) is 3.28. The number of nitrogens with one attached hydrogen (secondary N) is 4. The zero-order chi connectivity index (χ0) is 23.6. The average molecular weight is 454 g/mol. The van der Waals surface area contributed by atoms with E-state index in [1.807, 2.05) is 91.1 Å². The van der Waals surface area contributed by atoms with E-state index in [0.29, 0.717) is 19.4 Å². The van der Waals surface area contributed by atoms with Crippen molar-refractivity contribution in [3.8, 4) is 0 Å². The van der Waals surface area contributed by atoms with Gasteiger partial charge in [0.05, 0.1) is 6.21 Å². The van der Waals surface area contributed by atoms with Gasteiger partial charge in [0.15, 0.2) is 0 Å². The summed E-state index contributed by atoms with van der Waals surface area (Å²) < 4.78 is 0. The molecule has 0 aliphatic rings. The lowest BCUT2D eigenvalue weighted by atomic mass is 10.0. The highest BCUT2D eigenvalue weighted by Gasteiger charge is 2.22. The zero-order valence-corrected chi connectivity index (χ0v) is 18.7. The van der Waals surface area contributed by atoms with E-state index in [4.69, 9.17) is 0 Å². The predicted molar refractivity (Wildman–Crippen MR) is 135 cm³/mol. The Kier molecular flexibility index (Phi) is 7.69. The van der Waals surface area contributed by atoms with E-state index in [9.17, 15) is 9.59 Å². The van der Waals surface area contributed by atoms with Crippen LogP contribution in [0.25, 0.3) is 10.9 Å². The van der Waals surface area contributed by atoms with Crippen molar-refractivity contribution in [3.63, 3.8) is 0 Å². The molecule has 0 aliphatic carbocycles. The molecule has 7 nitrogen and oxygen atoms in total. The van der Waals surface area contributed by atoms with E-state index in [0.717, 1.165) is 27.6 Å². The molecule has 1 unspecified atom stereocenters. The zero-order valence-electron chi connectivity index (χ0n) is 18.7. The van der Waals surface area contributed by atoms with Crippen LogP contribution >= 0.6 is 0 Å². The number of H-pyrrole nitrogens is 1. The lowest BCUT2D eigenvalue weighted by Crippen LogP contribution is -2.50. The van der Waals surface area contributed by atoms with Crippen LogP contribution in [0.15, 0.2) is 96.2 Å². The largest absolute Gasteiger partial charge is 0.361 e. The number of hydrazone groups is 1. The van der Waals surface area contributed by atoms with Crippen molar-refractivity contribution in [3.05, 3.63) is 108 Å². The van der Waals surface area contributed by atoms with Crippen molar-refractivity contribution < 1.29 is 9.59 Å². The third kappa shape index (κ3) is 6.32. The maximum Gasteiger partial charge on any atom is 0.335 e. The van der Waals surface area contributed by atoms with Crippen molar-refractivity contribution >= 4 is 29.1 Å². The van der Waals surface area contributed by atoms with Gasteiger partial charge in [-0.25, -0.2) is 10.2 Å². The van der Waals surface area contributed by atoms with Crippen molar-refractivity contribution in [2.45, 2.75) is 18.9 Å². The Morgan fingerprint density at radius 3 is 2.41 bits per heavy atom. The Bertz CT molecular complexity index is 1250. The van der Waals surface area contributed by atoms with Gasteiger partial charge in [-0.1, -0.05) is 78.9 Å². The molecule has 34 heavy (non-hydrogen) atoms. The van der Waals surface area contributed by atoms with Crippen LogP contribution in [0.2, 0.25) is 0 Å². The molecule has 0 saturated carbocycles. The molecule has 0 radical (unpaired) electrons. The van der Waals surface area contributed by atoms with Crippen LogP contribution in [0.4, 0.5) is 4.79 Å². The third-order valence-electron chi connectivity index (χ3n) is 5.46. The highest BCUT2D eigenvalue weighted by molar-refractivity contribution is 5.89. The summed E-state index contributed by atoms with van der Waals surface area (Å²) >= 11 is 0. The fourth-order valence-electron chi connectivity index (χ4n) is 3.72. The van der Waals surface area contributed by atoms with Gasteiger partial charge in [0.2, 0.25) is 5.91 Å². The molecule has 0 fully saturated rings. The monoisotopic (exact) mass is 453 g/mol. The lowest BCUT2D eigenvalue weighted by molar-refractivity contribution is -0.122. The minimum absolute atomic E-state index is 0.247. The van der Waals surface area contributed by atoms with Crippen LogP contribution in [0.1, 0.15) is 16.7 Å². The number of hydrogen-bond donors (Lipinski definition) is 4. The topological polar surface area (TPSA) is 98.4 Å². The number of rotatable bonds is 9. The first-order valence-electron chi connectivity index (χ1n) is 11.2. The van der Waals surface area contributed by atoms with Crippen LogP contribution < -0.4 is 16.1 Å². The third-order valence-corrected chi connectivity index (χ3v) is 5.46. The Labute approximate surface area is 198 Å². The summed E-state index contributed by atoms with van der Waals surface area (Å²) in [5.41, 5.74) is 6.38. The van der Waals surface area contributed by atoms with Crippen LogP contribution in [0.3, 0.4) is 0 Å². The number of aromatic nitrogens is 1. The second kappa shape index (κ2) is 11.5. The molecule has 0 bridgehead atoms. The van der Waals surface area contributed by atoms with Gasteiger partial charge < -0.3 is 15.6 Å². The Hall–Kier alpha value is -4.39. The molecule has 0 spiro atoms. The first kappa shape index (κ1) is 22.8. The molecule has 7 heteroatoms. The molecule has 1 atom stereocenters. The molecule has 1 heterocycles. The minimum Gasteiger partial charge on any atom is -0.361 e.